The number of carbonyl (C=O) groups is 1. The number of phenolic OH excluding ortho intramolecular Hbond substituents is 1. The standard InChI is InChI=1S/C19H21N3O3/c23-16-3-1-13(2-4-16)19(24)11-22-9-14-5-17(6-15(14)10-22)25-18-7-20-12-21-8-18/h1-4,7-8,12,14-15,17,23H,5-6,9-11H2/t14-,15?,17?/m0/s1. The molecule has 25 heavy (non-hydrogen) atoms. The van der Waals surface area contributed by atoms with Crippen LogP contribution in [0.15, 0.2) is 43.0 Å². The van der Waals surface area contributed by atoms with Crippen LogP contribution in [0.1, 0.15) is 23.2 Å². The molecule has 3 atom stereocenters. The number of ketones is 1. The maximum Gasteiger partial charge on any atom is 0.176 e. The number of nitrogens with zero attached hydrogens (tertiary/aromatic N) is 3. The van der Waals surface area contributed by atoms with Crippen LogP contribution < -0.4 is 4.74 Å². The monoisotopic (exact) mass is 339 g/mol. The van der Waals surface area contributed by atoms with Gasteiger partial charge in [-0.15, -0.1) is 0 Å². The van der Waals surface area contributed by atoms with Gasteiger partial charge in [0.25, 0.3) is 0 Å². The smallest absolute Gasteiger partial charge is 0.176 e. The van der Waals surface area contributed by atoms with E-state index >= 15 is 0 Å². The van der Waals surface area contributed by atoms with E-state index in [2.05, 4.69) is 14.9 Å². The van der Waals surface area contributed by atoms with Crippen molar-refractivity contribution in [3.05, 3.63) is 48.5 Å². The van der Waals surface area contributed by atoms with Crippen molar-refractivity contribution < 1.29 is 14.6 Å². The van der Waals surface area contributed by atoms with E-state index in [9.17, 15) is 9.90 Å². The molecule has 2 aliphatic rings. The van der Waals surface area contributed by atoms with Crippen LogP contribution in [0.4, 0.5) is 0 Å². The minimum absolute atomic E-state index is 0.106. The van der Waals surface area contributed by atoms with Crippen molar-refractivity contribution in [2.45, 2.75) is 18.9 Å². The van der Waals surface area contributed by atoms with Crippen LogP contribution >= 0.6 is 0 Å². The Morgan fingerprint density at radius 1 is 1.12 bits per heavy atom. The van der Waals surface area contributed by atoms with E-state index in [4.69, 9.17) is 4.74 Å². The van der Waals surface area contributed by atoms with Gasteiger partial charge in [-0.3, -0.25) is 9.69 Å². The number of ether oxygens (including phenoxy) is 1. The highest BCUT2D eigenvalue weighted by atomic mass is 16.5. The molecular formula is C19H21N3O3. The molecule has 2 unspecified atom stereocenters. The molecule has 1 saturated heterocycles. The van der Waals surface area contributed by atoms with Crippen LogP contribution in [0.5, 0.6) is 11.5 Å². The van der Waals surface area contributed by atoms with Gasteiger partial charge in [0, 0.05) is 18.7 Å². The van der Waals surface area contributed by atoms with Crippen molar-refractivity contribution in [2.24, 2.45) is 11.8 Å². The van der Waals surface area contributed by atoms with Gasteiger partial charge in [-0.1, -0.05) is 0 Å². The zero-order chi connectivity index (χ0) is 17.2. The van der Waals surface area contributed by atoms with E-state index in [1.165, 1.54) is 6.33 Å². The lowest BCUT2D eigenvalue weighted by atomic mass is 10.0. The molecule has 0 spiro atoms. The Balaban J connectivity index is 1.29. The molecule has 1 saturated carbocycles. The topological polar surface area (TPSA) is 75.6 Å². The molecule has 6 nitrogen and oxygen atoms in total. The van der Waals surface area contributed by atoms with Gasteiger partial charge in [0.05, 0.1) is 25.0 Å². The van der Waals surface area contributed by atoms with E-state index in [0.29, 0.717) is 23.9 Å². The van der Waals surface area contributed by atoms with Crippen molar-refractivity contribution in [3.63, 3.8) is 0 Å². The predicted molar refractivity (Wildman–Crippen MR) is 91.5 cm³/mol. The molecule has 2 heterocycles. The molecule has 0 amide bonds. The van der Waals surface area contributed by atoms with Crippen LogP contribution in [-0.2, 0) is 0 Å². The molecular weight excluding hydrogens is 318 g/mol. The summed E-state index contributed by atoms with van der Waals surface area (Å²) in [7, 11) is 0. The molecule has 1 aliphatic carbocycles. The number of hydrogen-bond acceptors (Lipinski definition) is 6. The third-order valence-electron chi connectivity index (χ3n) is 5.18. The number of hydrogen-bond donors (Lipinski definition) is 1. The van der Waals surface area contributed by atoms with Crippen LogP contribution in [0, 0.1) is 11.8 Å². The molecule has 1 N–H and O–H groups in total. The number of rotatable bonds is 5. The summed E-state index contributed by atoms with van der Waals surface area (Å²) in [5.41, 5.74) is 0.653. The van der Waals surface area contributed by atoms with Crippen molar-refractivity contribution >= 4 is 5.78 Å². The molecule has 6 heteroatoms. The Kier molecular flexibility index (Phi) is 4.36. The lowest BCUT2D eigenvalue weighted by Crippen LogP contribution is -2.30. The lowest BCUT2D eigenvalue weighted by molar-refractivity contribution is 0.0936. The average molecular weight is 339 g/mol. The van der Waals surface area contributed by atoms with Crippen LogP contribution in [0.3, 0.4) is 0 Å². The van der Waals surface area contributed by atoms with Gasteiger partial charge >= 0.3 is 0 Å². The number of phenols is 1. The number of benzene rings is 1. The SMILES string of the molecule is O=C(CN1CC2CC(Oc3cncnc3)C[C@H]2C1)c1ccc(O)cc1. The highest BCUT2D eigenvalue weighted by molar-refractivity contribution is 5.97. The van der Waals surface area contributed by atoms with E-state index in [0.717, 1.165) is 31.7 Å². The van der Waals surface area contributed by atoms with Crippen molar-refractivity contribution in [2.75, 3.05) is 19.6 Å². The van der Waals surface area contributed by atoms with Crippen LogP contribution in [0.25, 0.3) is 0 Å². The number of aromatic nitrogens is 2. The van der Waals surface area contributed by atoms with Gasteiger partial charge < -0.3 is 9.84 Å². The second kappa shape index (κ2) is 6.80. The van der Waals surface area contributed by atoms with E-state index in [-0.39, 0.29) is 17.6 Å². The van der Waals surface area contributed by atoms with Crippen molar-refractivity contribution in [1.29, 1.82) is 0 Å². The highest BCUT2D eigenvalue weighted by Crippen LogP contribution is 2.39. The molecule has 130 valence electrons. The normalized spacial score (nSPS) is 25.7. The minimum atomic E-state index is 0.106. The van der Waals surface area contributed by atoms with Gasteiger partial charge in [0.2, 0.25) is 0 Å². The molecule has 0 radical (unpaired) electrons. The number of likely N-dealkylation sites (tertiary alicyclic amines) is 1. The largest absolute Gasteiger partial charge is 0.508 e. The van der Waals surface area contributed by atoms with E-state index in [1.807, 2.05) is 0 Å². The van der Waals surface area contributed by atoms with Crippen molar-refractivity contribution in [1.82, 2.24) is 14.9 Å². The van der Waals surface area contributed by atoms with E-state index in [1.54, 1.807) is 36.7 Å². The molecule has 1 aromatic carbocycles. The summed E-state index contributed by atoms with van der Waals surface area (Å²) in [6.07, 6.45) is 7.15. The number of Topliss-reactive ketones (excluding diaryl/α,β-unsaturated/α-hetero) is 1. The number of carbonyl (C=O) groups excluding carboxylic acids is 1. The summed E-state index contributed by atoms with van der Waals surface area (Å²) < 4.78 is 5.97. The summed E-state index contributed by atoms with van der Waals surface area (Å²) in [5, 5.41) is 9.32. The van der Waals surface area contributed by atoms with E-state index < -0.39 is 0 Å². The fourth-order valence-electron chi connectivity index (χ4n) is 4.05. The maximum atomic E-state index is 12.4. The summed E-state index contributed by atoms with van der Waals surface area (Å²) in [4.78, 5) is 22.6. The van der Waals surface area contributed by atoms with Crippen LogP contribution in [0.2, 0.25) is 0 Å². The quantitative estimate of drug-likeness (QED) is 0.841. The molecule has 4 rings (SSSR count). The third-order valence-corrected chi connectivity index (χ3v) is 5.18. The minimum Gasteiger partial charge on any atom is -0.508 e. The summed E-state index contributed by atoms with van der Waals surface area (Å²) in [6.45, 7) is 2.33. The van der Waals surface area contributed by atoms with Gasteiger partial charge in [-0.25, -0.2) is 9.97 Å². The lowest BCUT2D eigenvalue weighted by Gasteiger charge is -2.19. The Morgan fingerprint density at radius 3 is 2.40 bits per heavy atom. The first-order valence-corrected chi connectivity index (χ1v) is 8.63. The Hall–Kier alpha value is -2.47. The maximum absolute atomic E-state index is 12.4. The second-order valence-electron chi connectivity index (χ2n) is 6.97. The molecule has 2 aromatic rings. The highest BCUT2D eigenvalue weighted by Gasteiger charge is 2.42. The molecule has 1 aliphatic heterocycles. The van der Waals surface area contributed by atoms with Gasteiger partial charge in [-0.2, -0.15) is 0 Å². The van der Waals surface area contributed by atoms with Gasteiger partial charge in [0.15, 0.2) is 11.5 Å². The van der Waals surface area contributed by atoms with Gasteiger partial charge in [-0.05, 0) is 48.9 Å². The summed E-state index contributed by atoms with van der Waals surface area (Å²) in [5.74, 6) is 2.19. The fourth-order valence-corrected chi connectivity index (χ4v) is 4.05. The molecule has 0 bridgehead atoms. The third kappa shape index (κ3) is 3.64. The summed E-state index contributed by atoms with van der Waals surface area (Å²) >= 11 is 0. The Labute approximate surface area is 146 Å². The Bertz CT molecular complexity index is 721. The van der Waals surface area contributed by atoms with Crippen LogP contribution in [-0.4, -0.2) is 51.5 Å². The fraction of sp³-hybridized carbons (Fsp3) is 0.421. The first-order chi connectivity index (χ1) is 12.2. The zero-order valence-electron chi connectivity index (χ0n) is 13.9. The first kappa shape index (κ1) is 16.0. The second-order valence-corrected chi connectivity index (χ2v) is 6.97. The molecule has 2 fully saturated rings. The number of aromatic hydroxyl groups is 1. The van der Waals surface area contributed by atoms with Gasteiger partial charge in [0.1, 0.15) is 12.1 Å². The first-order valence-electron chi connectivity index (χ1n) is 8.63. The average Bonchev–Trinajstić information content (AvgIpc) is 3.14. The zero-order valence-corrected chi connectivity index (χ0v) is 13.9. The Morgan fingerprint density at radius 2 is 1.76 bits per heavy atom. The summed E-state index contributed by atoms with van der Waals surface area (Å²) in [6, 6.07) is 6.48. The van der Waals surface area contributed by atoms with Crippen molar-refractivity contribution in [3.8, 4) is 11.5 Å². The predicted octanol–water partition coefficient (Wildman–Crippen LogP) is 2.15. The molecule has 1 aromatic heterocycles. The number of fused-ring (bicyclic) bond motifs is 1.